The summed E-state index contributed by atoms with van der Waals surface area (Å²) in [6.07, 6.45) is -4.43. The smallest absolute Gasteiger partial charge is 0.416 e. The number of benzene rings is 3. The first kappa shape index (κ1) is 21.4. The molecule has 0 N–H and O–H groups in total. The molecule has 5 rings (SSSR count). The molecule has 7 heteroatoms. The van der Waals surface area contributed by atoms with Crippen molar-refractivity contribution in [1.82, 2.24) is 4.57 Å². The molecular weight excluding hydrogens is 447 g/mol. The van der Waals surface area contributed by atoms with E-state index >= 15 is 0 Å². The van der Waals surface area contributed by atoms with Crippen LogP contribution in [-0.4, -0.2) is 18.8 Å². The number of halogens is 3. The van der Waals surface area contributed by atoms with E-state index in [9.17, 15) is 13.2 Å². The standard InChI is InChI=1S/C26H20F3NO2S/c1-15-11-16(26(27,28)29)12-21(24-5-4-10-33-24)25(15)30-22-8-6-17(31-2)13-19(22)20-14-18(32-3)7-9-23(20)30/h4-14H,1-3H3. The summed E-state index contributed by atoms with van der Waals surface area (Å²) in [6, 6.07) is 17.7. The second kappa shape index (κ2) is 7.85. The fraction of sp³-hybridized carbons (Fsp3) is 0.154. The Kier molecular flexibility index (Phi) is 5.09. The molecule has 0 saturated heterocycles. The summed E-state index contributed by atoms with van der Waals surface area (Å²) in [4.78, 5) is 0.774. The number of thiophene rings is 1. The third-order valence-corrected chi connectivity index (χ3v) is 6.72. The fourth-order valence-electron chi connectivity index (χ4n) is 4.34. The topological polar surface area (TPSA) is 23.4 Å². The van der Waals surface area contributed by atoms with Gasteiger partial charge in [0.2, 0.25) is 0 Å². The first-order valence-electron chi connectivity index (χ1n) is 10.2. The molecule has 0 spiro atoms. The van der Waals surface area contributed by atoms with Gasteiger partial charge in [0, 0.05) is 21.2 Å². The van der Waals surface area contributed by atoms with Crippen molar-refractivity contribution in [2.24, 2.45) is 0 Å². The molecule has 0 aliphatic rings. The number of fused-ring (bicyclic) bond motifs is 3. The summed E-state index contributed by atoms with van der Waals surface area (Å²) >= 11 is 1.42. The minimum absolute atomic E-state index is 0.540. The number of hydrogen-bond donors (Lipinski definition) is 0. The maximum atomic E-state index is 13.7. The molecule has 2 heterocycles. The molecule has 33 heavy (non-hydrogen) atoms. The summed E-state index contributed by atoms with van der Waals surface area (Å²) in [5.41, 5.74) is 2.90. The predicted molar refractivity (Wildman–Crippen MR) is 127 cm³/mol. The molecule has 0 radical (unpaired) electrons. The Morgan fingerprint density at radius 3 is 1.91 bits per heavy atom. The molecule has 0 fully saturated rings. The molecule has 0 atom stereocenters. The highest BCUT2D eigenvalue weighted by molar-refractivity contribution is 7.13. The first-order valence-corrected chi connectivity index (χ1v) is 11.1. The van der Waals surface area contributed by atoms with Crippen LogP contribution in [0.15, 0.2) is 66.0 Å². The Bertz CT molecular complexity index is 1420. The maximum Gasteiger partial charge on any atom is 0.416 e. The number of methoxy groups -OCH3 is 2. The normalized spacial score (nSPS) is 11.9. The van der Waals surface area contributed by atoms with Gasteiger partial charge in [-0.1, -0.05) is 6.07 Å². The van der Waals surface area contributed by atoms with Gasteiger partial charge in [-0.25, -0.2) is 0 Å². The van der Waals surface area contributed by atoms with Gasteiger partial charge in [-0.05, 0) is 72.5 Å². The van der Waals surface area contributed by atoms with E-state index in [1.54, 1.807) is 21.1 Å². The van der Waals surface area contributed by atoms with Crippen LogP contribution < -0.4 is 9.47 Å². The molecular formula is C26H20F3NO2S. The maximum absolute atomic E-state index is 13.7. The molecule has 0 bridgehead atoms. The zero-order valence-corrected chi connectivity index (χ0v) is 19.0. The summed E-state index contributed by atoms with van der Waals surface area (Å²) < 4.78 is 54.0. The van der Waals surface area contributed by atoms with Crippen LogP contribution in [0, 0.1) is 6.92 Å². The highest BCUT2D eigenvalue weighted by Gasteiger charge is 2.32. The van der Waals surface area contributed by atoms with Gasteiger partial charge in [0.05, 0.1) is 36.5 Å². The zero-order valence-electron chi connectivity index (χ0n) is 18.2. The first-order chi connectivity index (χ1) is 15.8. The van der Waals surface area contributed by atoms with Crippen LogP contribution in [0.2, 0.25) is 0 Å². The van der Waals surface area contributed by atoms with Crippen molar-refractivity contribution >= 4 is 33.1 Å². The third-order valence-electron chi connectivity index (χ3n) is 5.82. The second-order valence-electron chi connectivity index (χ2n) is 7.77. The molecule has 2 aromatic heterocycles. The van der Waals surface area contributed by atoms with Crippen molar-refractivity contribution in [1.29, 1.82) is 0 Å². The summed E-state index contributed by atoms with van der Waals surface area (Å²) in [7, 11) is 3.21. The molecule has 5 aromatic rings. The van der Waals surface area contributed by atoms with Crippen LogP contribution in [-0.2, 0) is 6.18 Å². The van der Waals surface area contributed by atoms with Gasteiger partial charge in [-0.3, -0.25) is 0 Å². The Morgan fingerprint density at radius 2 is 1.42 bits per heavy atom. The molecule has 0 unspecified atom stereocenters. The van der Waals surface area contributed by atoms with Gasteiger partial charge in [0.15, 0.2) is 0 Å². The van der Waals surface area contributed by atoms with E-state index < -0.39 is 11.7 Å². The summed E-state index contributed by atoms with van der Waals surface area (Å²) in [6.45, 7) is 1.73. The number of nitrogens with zero attached hydrogens (tertiary/aromatic N) is 1. The summed E-state index contributed by atoms with van der Waals surface area (Å²) in [5.74, 6) is 1.40. The van der Waals surface area contributed by atoms with Crippen molar-refractivity contribution < 1.29 is 22.6 Å². The van der Waals surface area contributed by atoms with Gasteiger partial charge in [0.25, 0.3) is 0 Å². The van der Waals surface area contributed by atoms with Crippen LogP contribution in [0.3, 0.4) is 0 Å². The van der Waals surface area contributed by atoms with E-state index in [0.717, 1.165) is 32.4 Å². The fourth-order valence-corrected chi connectivity index (χ4v) is 5.08. The Morgan fingerprint density at radius 1 is 0.818 bits per heavy atom. The SMILES string of the molecule is COc1ccc2c(c1)c1cc(OC)ccc1n2-c1c(C)cc(C(F)(F)F)cc1-c1cccs1. The van der Waals surface area contributed by atoms with Gasteiger partial charge in [-0.2, -0.15) is 13.2 Å². The van der Waals surface area contributed by atoms with Crippen LogP contribution in [0.25, 0.3) is 37.9 Å². The van der Waals surface area contributed by atoms with Crippen molar-refractivity contribution in [3.05, 3.63) is 77.2 Å². The zero-order chi connectivity index (χ0) is 23.3. The van der Waals surface area contributed by atoms with Crippen molar-refractivity contribution in [3.63, 3.8) is 0 Å². The quantitative estimate of drug-likeness (QED) is 0.269. The van der Waals surface area contributed by atoms with Crippen LogP contribution in [0.1, 0.15) is 11.1 Å². The van der Waals surface area contributed by atoms with E-state index in [-0.39, 0.29) is 0 Å². The van der Waals surface area contributed by atoms with E-state index in [1.165, 1.54) is 23.5 Å². The Labute approximate surface area is 192 Å². The van der Waals surface area contributed by atoms with E-state index in [4.69, 9.17) is 9.47 Å². The molecule has 168 valence electrons. The molecule has 0 saturated carbocycles. The highest BCUT2D eigenvalue weighted by atomic mass is 32.1. The monoisotopic (exact) mass is 467 g/mol. The lowest BCUT2D eigenvalue weighted by Gasteiger charge is -2.19. The molecule has 3 aromatic carbocycles. The molecule has 0 aliphatic carbocycles. The lowest BCUT2D eigenvalue weighted by atomic mass is 10.0. The predicted octanol–water partition coefficient (Wildman–Crippen LogP) is 7.86. The van der Waals surface area contributed by atoms with Crippen LogP contribution in [0.5, 0.6) is 11.5 Å². The third kappa shape index (κ3) is 3.53. The van der Waals surface area contributed by atoms with E-state index in [2.05, 4.69) is 0 Å². The van der Waals surface area contributed by atoms with Gasteiger partial charge in [-0.15, -0.1) is 11.3 Å². The van der Waals surface area contributed by atoms with Crippen molar-refractivity contribution in [2.45, 2.75) is 13.1 Å². The van der Waals surface area contributed by atoms with Crippen LogP contribution >= 0.6 is 11.3 Å². The minimum atomic E-state index is -4.43. The van der Waals surface area contributed by atoms with Gasteiger partial charge < -0.3 is 14.0 Å². The Hall–Kier alpha value is -3.45. The molecule has 3 nitrogen and oxygen atoms in total. The molecule has 0 amide bonds. The number of hydrogen-bond acceptors (Lipinski definition) is 3. The van der Waals surface area contributed by atoms with Crippen molar-refractivity contribution in [2.75, 3.05) is 14.2 Å². The lowest BCUT2D eigenvalue weighted by molar-refractivity contribution is -0.137. The van der Waals surface area contributed by atoms with Crippen molar-refractivity contribution in [3.8, 4) is 27.6 Å². The number of aromatic nitrogens is 1. The highest BCUT2D eigenvalue weighted by Crippen LogP contribution is 2.43. The number of rotatable bonds is 4. The van der Waals surface area contributed by atoms with Gasteiger partial charge in [0.1, 0.15) is 11.5 Å². The van der Waals surface area contributed by atoms with Gasteiger partial charge >= 0.3 is 6.18 Å². The van der Waals surface area contributed by atoms with Crippen LogP contribution in [0.4, 0.5) is 13.2 Å². The molecule has 0 aliphatic heterocycles. The average Bonchev–Trinajstić information content (AvgIpc) is 3.44. The van der Waals surface area contributed by atoms with E-state index in [0.29, 0.717) is 22.6 Å². The summed E-state index contributed by atoms with van der Waals surface area (Å²) in [5, 5.41) is 3.73. The average molecular weight is 468 g/mol. The minimum Gasteiger partial charge on any atom is -0.497 e. The number of alkyl halides is 3. The number of ether oxygens (including phenoxy) is 2. The lowest BCUT2D eigenvalue weighted by Crippen LogP contribution is -2.08. The van der Waals surface area contributed by atoms with E-state index in [1.807, 2.05) is 58.5 Å². The largest absolute Gasteiger partial charge is 0.497 e. The Balaban J connectivity index is 1.93. The second-order valence-corrected chi connectivity index (χ2v) is 8.71. The number of aryl methyl sites for hydroxylation is 1.